The van der Waals surface area contributed by atoms with Crippen molar-refractivity contribution in [2.24, 2.45) is 5.73 Å². The summed E-state index contributed by atoms with van der Waals surface area (Å²) in [6, 6.07) is 5.98. The van der Waals surface area contributed by atoms with Crippen molar-refractivity contribution in [3.63, 3.8) is 0 Å². The van der Waals surface area contributed by atoms with Crippen LogP contribution >= 0.6 is 0 Å². The van der Waals surface area contributed by atoms with E-state index in [9.17, 15) is 5.11 Å². The van der Waals surface area contributed by atoms with Gasteiger partial charge in [0.1, 0.15) is 0 Å². The molecule has 0 aliphatic carbocycles. The smallest absolute Gasteiger partial charge is 0.0700 e. The Kier molecular flexibility index (Phi) is 7.06. The lowest BCUT2D eigenvalue weighted by Crippen LogP contribution is -2.30. The van der Waals surface area contributed by atoms with Gasteiger partial charge in [-0.25, -0.2) is 0 Å². The van der Waals surface area contributed by atoms with Crippen molar-refractivity contribution in [1.82, 2.24) is 15.3 Å². The van der Waals surface area contributed by atoms with E-state index in [1.54, 1.807) is 6.20 Å². The molecular formula is C19H26N4O. The van der Waals surface area contributed by atoms with E-state index >= 15 is 0 Å². The van der Waals surface area contributed by atoms with Crippen LogP contribution in [0.2, 0.25) is 0 Å². The van der Waals surface area contributed by atoms with E-state index in [1.807, 2.05) is 31.3 Å². The number of nitrogens with one attached hydrogen (secondary N) is 1. The Bertz CT molecular complexity index is 685. The number of nitrogens with zero attached hydrogens (tertiary/aromatic N) is 2. The van der Waals surface area contributed by atoms with Gasteiger partial charge in [0.2, 0.25) is 0 Å². The van der Waals surface area contributed by atoms with Crippen LogP contribution in [0.1, 0.15) is 28.1 Å². The third-order valence-electron chi connectivity index (χ3n) is 3.93. The highest BCUT2D eigenvalue weighted by Gasteiger charge is 2.11. The third kappa shape index (κ3) is 5.23. The summed E-state index contributed by atoms with van der Waals surface area (Å²) in [5.74, 6) is 0. The van der Waals surface area contributed by atoms with Gasteiger partial charge in [-0.1, -0.05) is 24.3 Å². The fraction of sp³-hybridized carbons (Fsp3) is 0.368. The Labute approximate surface area is 143 Å². The molecule has 2 aromatic heterocycles. The van der Waals surface area contributed by atoms with Crippen LogP contribution in [0.15, 0.2) is 42.7 Å². The summed E-state index contributed by atoms with van der Waals surface area (Å²) in [5.41, 5.74) is 10.7. The normalized spacial score (nSPS) is 12.7. The third-order valence-corrected chi connectivity index (χ3v) is 3.93. The van der Waals surface area contributed by atoms with Gasteiger partial charge in [0.05, 0.1) is 12.3 Å². The SMILES string of the molecule is Cc1cnc(CC(/C=C\CN)NCc2ncccc2CO)c(C)c1. The summed E-state index contributed by atoms with van der Waals surface area (Å²) in [4.78, 5) is 8.90. The molecular weight excluding hydrogens is 300 g/mol. The molecule has 1 unspecified atom stereocenters. The molecule has 0 aromatic carbocycles. The molecule has 2 heterocycles. The summed E-state index contributed by atoms with van der Waals surface area (Å²) in [7, 11) is 0. The molecule has 4 N–H and O–H groups in total. The fourth-order valence-electron chi connectivity index (χ4n) is 2.62. The van der Waals surface area contributed by atoms with Gasteiger partial charge in [-0.3, -0.25) is 9.97 Å². The number of pyridine rings is 2. The van der Waals surface area contributed by atoms with Crippen molar-refractivity contribution in [3.05, 3.63) is 70.8 Å². The molecule has 2 aromatic rings. The number of aliphatic hydroxyl groups excluding tert-OH is 1. The van der Waals surface area contributed by atoms with Gasteiger partial charge in [0.25, 0.3) is 0 Å². The van der Waals surface area contributed by atoms with Crippen LogP contribution in [0.5, 0.6) is 0 Å². The number of hydrogen-bond donors (Lipinski definition) is 3. The molecule has 0 aliphatic heterocycles. The molecule has 0 saturated heterocycles. The molecule has 1 atom stereocenters. The molecule has 24 heavy (non-hydrogen) atoms. The van der Waals surface area contributed by atoms with Crippen LogP contribution < -0.4 is 11.1 Å². The first kappa shape index (κ1) is 18.3. The lowest BCUT2D eigenvalue weighted by atomic mass is 10.0. The number of rotatable bonds is 8. The molecule has 0 fully saturated rings. The van der Waals surface area contributed by atoms with E-state index in [0.29, 0.717) is 13.1 Å². The fourth-order valence-corrected chi connectivity index (χ4v) is 2.62. The highest BCUT2D eigenvalue weighted by Crippen LogP contribution is 2.11. The molecule has 2 rings (SSSR count). The molecule has 0 aliphatic rings. The Morgan fingerprint density at radius 1 is 1.29 bits per heavy atom. The lowest BCUT2D eigenvalue weighted by molar-refractivity contribution is 0.279. The Morgan fingerprint density at radius 3 is 2.83 bits per heavy atom. The highest BCUT2D eigenvalue weighted by molar-refractivity contribution is 5.25. The van der Waals surface area contributed by atoms with E-state index in [0.717, 1.165) is 23.4 Å². The standard InChI is InChI=1S/C19H26N4O/c1-14-9-15(2)18(23-11-14)10-17(6-3-7-20)22-12-19-16(13-24)5-4-8-21-19/h3-6,8-9,11,17,22,24H,7,10,12-13,20H2,1-2H3/b6-3-. The zero-order valence-electron chi connectivity index (χ0n) is 14.4. The number of nitrogens with two attached hydrogens (primary N) is 1. The Balaban J connectivity index is 2.09. The summed E-state index contributed by atoms with van der Waals surface area (Å²) >= 11 is 0. The van der Waals surface area contributed by atoms with Gasteiger partial charge in [0, 0.05) is 49.2 Å². The van der Waals surface area contributed by atoms with Crippen LogP contribution in [0.3, 0.4) is 0 Å². The summed E-state index contributed by atoms with van der Waals surface area (Å²) in [6.45, 7) is 5.21. The Morgan fingerprint density at radius 2 is 2.12 bits per heavy atom. The van der Waals surface area contributed by atoms with E-state index < -0.39 is 0 Å². The van der Waals surface area contributed by atoms with Crippen molar-refractivity contribution in [3.8, 4) is 0 Å². The number of aromatic nitrogens is 2. The average molecular weight is 326 g/mol. The molecule has 5 nitrogen and oxygen atoms in total. The topological polar surface area (TPSA) is 84.1 Å². The largest absolute Gasteiger partial charge is 0.392 e. The van der Waals surface area contributed by atoms with Crippen molar-refractivity contribution >= 4 is 0 Å². The van der Waals surface area contributed by atoms with Gasteiger partial charge in [-0.05, 0) is 31.0 Å². The van der Waals surface area contributed by atoms with Crippen molar-refractivity contribution in [1.29, 1.82) is 0 Å². The molecule has 0 spiro atoms. The minimum Gasteiger partial charge on any atom is -0.392 e. The van der Waals surface area contributed by atoms with E-state index in [1.165, 1.54) is 11.1 Å². The van der Waals surface area contributed by atoms with Gasteiger partial charge in [-0.2, -0.15) is 0 Å². The van der Waals surface area contributed by atoms with Crippen molar-refractivity contribution in [2.75, 3.05) is 6.54 Å². The van der Waals surface area contributed by atoms with Crippen LogP contribution in [0, 0.1) is 13.8 Å². The van der Waals surface area contributed by atoms with Gasteiger partial charge >= 0.3 is 0 Å². The van der Waals surface area contributed by atoms with Gasteiger partial charge in [0.15, 0.2) is 0 Å². The molecule has 0 radical (unpaired) electrons. The van der Waals surface area contributed by atoms with E-state index in [-0.39, 0.29) is 12.6 Å². The summed E-state index contributed by atoms with van der Waals surface area (Å²) in [6.07, 6.45) is 8.44. The molecule has 0 bridgehead atoms. The number of aliphatic hydroxyl groups is 1. The maximum atomic E-state index is 9.41. The minimum atomic E-state index is -0.00716. The van der Waals surface area contributed by atoms with E-state index in [4.69, 9.17) is 5.73 Å². The molecule has 0 amide bonds. The maximum absolute atomic E-state index is 9.41. The van der Waals surface area contributed by atoms with Crippen LogP contribution in [-0.4, -0.2) is 27.7 Å². The number of hydrogen-bond acceptors (Lipinski definition) is 5. The van der Waals surface area contributed by atoms with Crippen LogP contribution in [-0.2, 0) is 19.6 Å². The molecule has 128 valence electrons. The lowest BCUT2D eigenvalue weighted by Gasteiger charge is -2.17. The first-order valence-electron chi connectivity index (χ1n) is 8.20. The maximum Gasteiger partial charge on any atom is 0.0700 e. The second-order valence-electron chi connectivity index (χ2n) is 5.90. The van der Waals surface area contributed by atoms with Crippen LogP contribution in [0.25, 0.3) is 0 Å². The monoisotopic (exact) mass is 326 g/mol. The Hall–Kier alpha value is -2.08. The first-order valence-corrected chi connectivity index (χ1v) is 8.20. The molecule has 0 saturated carbocycles. The minimum absolute atomic E-state index is 0.00716. The first-order chi connectivity index (χ1) is 11.6. The van der Waals surface area contributed by atoms with Crippen molar-refractivity contribution in [2.45, 2.75) is 39.5 Å². The van der Waals surface area contributed by atoms with Crippen molar-refractivity contribution < 1.29 is 5.11 Å². The predicted octanol–water partition coefficient (Wildman–Crippen LogP) is 1.80. The van der Waals surface area contributed by atoms with Crippen LogP contribution in [0.4, 0.5) is 0 Å². The molecule has 5 heteroatoms. The second-order valence-corrected chi connectivity index (χ2v) is 5.90. The average Bonchev–Trinajstić information content (AvgIpc) is 2.59. The summed E-state index contributed by atoms with van der Waals surface area (Å²) < 4.78 is 0. The predicted molar refractivity (Wildman–Crippen MR) is 96.4 cm³/mol. The van der Waals surface area contributed by atoms with Gasteiger partial charge < -0.3 is 16.2 Å². The van der Waals surface area contributed by atoms with E-state index in [2.05, 4.69) is 34.4 Å². The zero-order chi connectivity index (χ0) is 17.4. The highest BCUT2D eigenvalue weighted by atomic mass is 16.3. The second kappa shape index (κ2) is 9.27. The van der Waals surface area contributed by atoms with Gasteiger partial charge in [-0.15, -0.1) is 0 Å². The summed E-state index contributed by atoms with van der Waals surface area (Å²) in [5, 5.41) is 12.9. The number of aryl methyl sites for hydroxylation is 2. The quantitative estimate of drug-likeness (QED) is 0.644. The zero-order valence-corrected chi connectivity index (χ0v) is 14.4.